The van der Waals surface area contributed by atoms with Crippen LogP contribution in [0.25, 0.3) is 0 Å². The summed E-state index contributed by atoms with van der Waals surface area (Å²) in [6, 6.07) is -0.0661. The molecule has 2 unspecified atom stereocenters. The Morgan fingerprint density at radius 2 is 1.43 bits per heavy atom. The molecule has 1 rings (SSSR count). The Balaban J connectivity index is 2.19. The lowest BCUT2D eigenvalue weighted by atomic mass is 10.0. The molecule has 3 N–H and O–H groups in total. The second kappa shape index (κ2) is 20.1. The molecular formula is C25H51N2O5PS2. The van der Waals surface area contributed by atoms with E-state index in [0.717, 1.165) is 19.4 Å². The molecule has 1 saturated carbocycles. The maximum absolute atomic E-state index is 10.2. The van der Waals surface area contributed by atoms with Gasteiger partial charge in [-0.15, -0.1) is 0 Å². The normalized spacial score (nSPS) is 23.8. The molecule has 0 aromatic carbocycles. The first kappa shape index (κ1) is 33.2. The smallest absolute Gasteiger partial charge is 0.324 e. The van der Waals surface area contributed by atoms with Crippen LogP contribution in [0, 0.1) is 5.92 Å². The van der Waals surface area contributed by atoms with E-state index in [4.69, 9.17) is 42.5 Å². The van der Waals surface area contributed by atoms with Crippen LogP contribution in [0.1, 0.15) is 96.8 Å². The Morgan fingerprint density at radius 1 is 0.886 bits per heavy atom. The molecule has 1 aliphatic carbocycles. The molecule has 5 atom stereocenters. The Labute approximate surface area is 225 Å². The lowest BCUT2D eigenvalue weighted by Gasteiger charge is -2.28. The van der Waals surface area contributed by atoms with Crippen molar-refractivity contribution in [3.8, 4) is 0 Å². The molecule has 10 heteroatoms. The fourth-order valence-electron chi connectivity index (χ4n) is 4.82. The minimum absolute atomic E-state index is 0.0101. The van der Waals surface area contributed by atoms with Gasteiger partial charge in [-0.2, -0.15) is 0 Å². The average molecular weight is 555 g/mol. The monoisotopic (exact) mass is 554 g/mol. The van der Waals surface area contributed by atoms with Gasteiger partial charge < -0.3 is 34.0 Å². The highest BCUT2D eigenvalue weighted by atomic mass is 32.5. The van der Waals surface area contributed by atoms with Gasteiger partial charge in [0, 0.05) is 33.8 Å². The number of unbranched alkanes of at least 4 members (excludes halogenated alkanes) is 12. The largest absolute Gasteiger partial charge is 0.384 e. The summed E-state index contributed by atoms with van der Waals surface area (Å²) in [5, 5.41) is 7.30. The van der Waals surface area contributed by atoms with Crippen LogP contribution in [0.2, 0.25) is 0 Å². The van der Waals surface area contributed by atoms with Gasteiger partial charge in [0.2, 0.25) is 0 Å². The number of hydrogen-bond donors (Lipinski definition) is 3. The molecule has 0 aromatic heterocycles. The number of methoxy groups -OCH3 is 2. The van der Waals surface area contributed by atoms with Crippen LogP contribution in [0.3, 0.4) is 0 Å². The lowest BCUT2D eigenvalue weighted by Crippen LogP contribution is -2.48. The van der Waals surface area contributed by atoms with Crippen molar-refractivity contribution in [1.82, 2.24) is 10.6 Å². The predicted octanol–water partition coefficient (Wildman–Crippen LogP) is 5.84. The number of nitrogens with one attached hydrogen (secondary N) is 2. The van der Waals surface area contributed by atoms with Gasteiger partial charge in [-0.25, -0.2) is 0 Å². The number of hydrogen-bond acceptors (Lipinski definition) is 6. The topological polar surface area (TPSA) is 81.2 Å². The van der Waals surface area contributed by atoms with E-state index in [-0.39, 0.29) is 18.1 Å². The first-order valence-electron chi connectivity index (χ1n) is 13.5. The minimum Gasteiger partial charge on any atom is -0.384 e. The summed E-state index contributed by atoms with van der Waals surface area (Å²) in [5.74, 6) is 0.0101. The summed E-state index contributed by atoms with van der Waals surface area (Å²) in [4.78, 5) is 10.2. The quantitative estimate of drug-likeness (QED) is 0.0921. The zero-order valence-corrected chi connectivity index (χ0v) is 25.0. The highest BCUT2D eigenvalue weighted by Gasteiger charge is 2.47. The third-order valence-electron chi connectivity index (χ3n) is 6.76. The number of thiocarbonyl (C=S) groups is 1. The maximum Gasteiger partial charge on any atom is 0.324 e. The third-order valence-corrected chi connectivity index (χ3v) is 8.70. The zero-order chi connectivity index (χ0) is 25.9. The van der Waals surface area contributed by atoms with Crippen molar-refractivity contribution >= 4 is 35.9 Å². The molecule has 0 aliphatic heterocycles. The van der Waals surface area contributed by atoms with Gasteiger partial charge >= 0.3 is 6.72 Å². The first-order chi connectivity index (χ1) is 16.9. The molecule has 208 valence electrons. The predicted molar refractivity (Wildman–Crippen MR) is 152 cm³/mol. The maximum atomic E-state index is 10.2. The summed E-state index contributed by atoms with van der Waals surface area (Å²) in [6.07, 6.45) is 17.4. The summed E-state index contributed by atoms with van der Waals surface area (Å²) in [7, 11) is 4.63. The summed E-state index contributed by atoms with van der Waals surface area (Å²) in [5.41, 5.74) is 0. The van der Waals surface area contributed by atoms with Crippen LogP contribution in [0.15, 0.2) is 0 Å². The van der Waals surface area contributed by atoms with Crippen LogP contribution in [-0.2, 0) is 30.3 Å². The molecule has 0 amide bonds. The van der Waals surface area contributed by atoms with Crippen LogP contribution in [0.4, 0.5) is 0 Å². The minimum atomic E-state index is -3.32. The fraction of sp³-hybridized carbons (Fsp3) is 0.960. The van der Waals surface area contributed by atoms with Crippen molar-refractivity contribution in [3.05, 3.63) is 0 Å². The van der Waals surface area contributed by atoms with Gasteiger partial charge in [0.15, 0.2) is 5.11 Å². The van der Waals surface area contributed by atoms with E-state index in [1.165, 1.54) is 84.2 Å². The van der Waals surface area contributed by atoms with Crippen molar-refractivity contribution < 1.29 is 23.4 Å². The van der Waals surface area contributed by atoms with E-state index in [2.05, 4.69) is 17.6 Å². The molecule has 0 radical (unpaired) electrons. The highest BCUT2D eigenvalue weighted by Crippen LogP contribution is 2.48. The van der Waals surface area contributed by atoms with Crippen molar-refractivity contribution in [3.63, 3.8) is 0 Å². The van der Waals surface area contributed by atoms with Gasteiger partial charge in [0.1, 0.15) is 12.2 Å². The van der Waals surface area contributed by atoms with Crippen LogP contribution >= 0.6 is 18.9 Å². The second-order valence-corrected chi connectivity index (χ2v) is 12.9. The van der Waals surface area contributed by atoms with Crippen LogP contribution in [-0.4, -0.2) is 62.7 Å². The molecule has 0 heterocycles. The summed E-state index contributed by atoms with van der Waals surface area (Å²) < 4.78 is 21.8. The number of rotatable bonds is 21. The Hall–Kier alpha value is 0.140. The van der Waals surface area contributed by atoms with Gasteiger partial charge in [0.05, 0.1) is 12.6 Å². The first-order valence-corrected chi connectivity index (χ1v) is 16.5. The molecule has 0 aromatic rings. The fourth-order valence-corrected chi connectivity index (χ4v) is 6.05. The van der Waals surface area contributed by atoms with E-state index in [1.807, 2.05) is 0 Å². The van der Waals surface area contributed by atoms with E-state index < -0.39 is 12.8 Å². The standard InChI is InChI=1S/C25H51N2O5PS2/c1-5-6-7-8-9-10-11-12-13-14-15-16-17-18-26-25(34)27-22-19-21(20-29-2)23(24(22)30-3)32-33(28,35)31-4/h21-24H,5-20H2,1-4H3,(H,28,35)(H2,26,27,34)/t21-,22-,23?,24-,33?/m1/s1. The van der Waals surface area contributed by atoms with E-state index in [1.54, 1.807) is 14.2 Å². The van der Waals surface area contributed by atoms with Gasteiger partial charge in [-0.3, -0.25) is 0 Å². The zero-order valence-electron chi connectivity index (χ0n) is 22.5. The van der Waals surface area contributed by atoms with Crippen molar-refractivity contribution in [1.29, 1.82) is 0 Å². The Kier molecular flexibility index (Phi) is 19.1. The van der Waals surface area contributed by atoms with Crippen molar-refractivity contribution in [2.45, 2.75) is 115 Å². The van der Waals surface area contributed by atoms with Crippen LogP contribution < -0.4 is 10.6 Å². The Morgan fingerprint density at radius 3 is 1.91 bits per heavy atom. The average Bonchev–Trinajstić information content (AvgIpc) is 3.14. The molecule has 35 heavy (non-hydrogen) atoms. The van der Waals surface area contributed by atoms with Crippen LogP contribution in [0.5, 0.6) is 0 Å². The SMILES string of the molecule is CCCCCCCCCCCCCCCNC(=S)N[C@@H]1C[C@H](COC)C(OP(O)(=S)OC)[C@@H]1OC. The summed E-state index contributed by atoms with van der Waals surface area (Å²) in [6.45, 7) is 0.284. The summed E-state index contributed by atoms with van der Waals surface area (Å²) >= 11 is 10.6. The van der Waals surface area contributed by atoms with E-state index in [9.17, 15) is 4.89 Å². The molecular weight excluding hydrogens is 503 g/mol. The third kappa shape index (κ3) is 14.6. The molecule has 7 nitrogen and oxygen atoms in total. The van der Waals surface area contributed by atoms with E-state index in [0.29, 0.717) is 11.7 Å². The second-order valence-electron chi connectivity index (χ2n) is 9.62. The van der Waals surface area contributed by atoms with Gasteiger partial charge in [0.25, 0.3) is 0 Å². The van der Waals surface area contributed by atoms with E-state index >= 15 is 0 Å². The molecule has 0 spiro atoms. The molecule has 0 bridgehead atoms. The van der Waals surface area contributed by atoms with Gasteiger partial charge in [-0.05, 0) is 36.9 Å². The van der Waals surface area contributed by atoms with Gasteiger partial charge in [-0.1, -0.05) is 84.0 Å². The molecule has 1 fully saturated rings. The van der Waals surface area contributed by atoms with Crippen molar-refractivity contribution in [2.75, 3.05) is 34.5 Å². The Bertz CT molecular complexity index is 602. The molecule has 0 saturated heterocycles. The van der Waals surface area contributed by atoms with Crippen molar-refractivity contribution in [2.24, 2.45) is 5.92 Å². The lowest BCUT2D eigenvalue weighted by molar-refractivity contribution is -0.0206. The molecule has 1 aliphatic rings. The number of ether oxygens (including phenoxy) is 2. The highest BCUT2D eigenvalue weighted by molar-refractivity contribution is 8.07.